The lowest BCUT2D eigenvalue weighted by Gasteiger charge is -2.27. The molecule has 2 atom stereocenters. The van der Waals surface area contributed by atoms with E-state index < -0.39 is 0 Å². The fourth-order valence-corrected chi connectivity index (χ4v) is 1.19. The minimum Gasteiger partial charge on any atom is -0.327 e. The zero-order valence-electron chi connectivity index (χ0n) is 7.17. The van der Waals surface area contributed by atoms with Gasteiger partial charge in [-0.25, -0.2) is 0 Å². The topological polar surface area (TPSA) is 29.3 Å². The van der Waals surface area contributed by atoms with Crippen molar-refractivity contribution in [2.24, 2.45) is 5.73 Å². The lowest BCUT2D eigenvalue weighted by atomic mass is 10.1. The first-order valence-electron chi connectivity index (χ1n) is 4.10. The number of hydrogen-bond donors (Lipinski definition) is 1. The standard InChI is InChI=1S/C8H18N2/c1-6(9)7(2)10(3)8-4-5-8/h6-8H,4-5,9H2,1-3H3. The molecule has 0 radical (unpaired) electrons. The van der Waals surface area contributed by atoms with E-state index in [1.165, 1.54) is 12.8 Å². The van der Waals surface area contributed by atoms with Crippen LogP contribution >= 0.6 is 0 Å². The van der Waals surface area contributed by atoms with Crippen molar-refractivity contribution in [2.75, 3.05) is 7.05 Å². The minimum atomic E-state index is 0.297. The van der Waals surface area contributed by atoms with E-state index in [9.17, 15) is 0 Å². The van der Waals surface area contributed by atoms with E-state index in [-0.39, 0.29) is 0 Å². The Bertz CT molecular complexity index is 102. The van der Waals surface area contributed by atoms with Gasteiger partial charge in [-0.05, 0) is 33.7 Å². The molecule has 0 bridgehead atoms. The van der Waals surface area contributed by atoms with Gasteiger partial charge in [0, 0.05) is 18.1 Å². The zero-order chi connectivity index (χ0) is 7.72. The number of nitrogens with two attached hydrogens (primary N) is 1. The molecule has 0 aromatic heterocycles. The van der Waals surface area contributed by atoms with Gasteiger partial charge in [0.15, 0.2) is 0 Å². The molecule has 2 heteroatoms. The molecule has 0 aromatic rings. The summed E-state index contributed by atoms with van der Waals surface area (Å²) in [5.41, 5.74) is 5.76. The second kappa shape index (κ2) is 2.89. The molecular weight excluding hydrogens is 124 g/mol. The van der Waals surface area contributed by atoms with Crippen LogP contribution in [-0.4, -0.2) is 30.1 Å². The summed E-state index contributed by atoms with van der Waals surface area (Å²) in [6.07, 6.45) is 2.74. The van der Waals surface area contributed by atoms with Crippen LogP contribution in [0.5, 0.6) is 0 Å². The van der Waals surface area contributed by atoms with Crippen molar-refractivity contribution in [2.45, 2.75) is 44.8 Å². The molecule has 2 unspecified atom stereocenters. The quantitative estimate of drug-likeness (QED) is 0.632. The first-order valence-corrected chi connectivity index (χ1v) is 4.10. The third-order valence-electron chi connectivity index (χ3n) is 2.53. The van der Waals surface area contributed by atoms with E-state index >= 15 is 0 Å². The molecule has 0 amide bonds. The van der Waals surface area contributed by atoms with Crippen molar-refractivity contribution in [3.63, 3.8) is 0 Å². The van der Waals surface area contributed by atoms with Crippen molar-refractivity contribution >= 4 is 0 Å². The Hall–Kier alpha value is -0.0800. The summed E-state index contributed by atoms with van der Waals surface area (Å²) in [7, 11) is 2.17. The van der Waals surface area contributed by atoms with E-state index in [2.05, 4.69) is 25.8 Å². The number of rotatable bonds is 3. The lowest BCUT2D eigenvalue weighted by Crippen LogP contribution is -2.43. The van der Waals surface area contributed by atoms with Crippen molar-refractivity contribution < 1.29 is 0 Å². The van der Waals surface area contributed by atoms with Crippen LogP contribution in [0.1, 0.15) is 26.7 Å². The first-order chi connectivity index (χ1) is 4.63. The Morgan fingerprint density at radius 2 is 1.90 bits per heavy atom. The molecule has 10 heavy (non-hydrogen) atoms. The van der Waals surface area contributed by atoms with Gasteiger partial charge in [0.1, 0.15) is 0 Å². The second-order valence-electron chi connectivity index (χ2n) is 3.50. The smallest absolute Gasteiger partial charge is 0.0216 e. The van der Waals surface area contributed by atoms with Crippen molar-refractivity contribution in [1.29, 1.82) is 0 Å². The van der Waals surface area contributed by atoms with E-state index in [4.69, 9.17) is 5.73 Å². The third kappa shape index (κ3) is 1.70. The van der Waals surface area contributed by atoms with E-state index in [0.717, 1.165) is 6.04 Å². The Balaban J connectivity index is 2.30. The van der Waals surface area contributed by atoms with Crippen molar-refractivity contribution in [3.05, 3.63) is 0 Å². The molecule has 2 N–H and O–H groups in total. The maximum absolute atomic E-state index is 5.76. The molecule has 0 heterocycles. The number of nitrogens with zero attached hydrogens (tertiary/aromatic N) is 1. The zero-order valence-corrected chi connectivity index (χ0v) is 7.17. The van der Waals surface area contributed by atoms with Crippen LogP contribution in [0.15, 0.2) is 0 Å². The van der Waals surface area contributed by atoms with Crippen LogP contribution in [0.3, 0.4) is 0 Å². The van der Waals surface area contributed by atoms with E-state index in [1.54, 1.807) is 0 Å². The monoisotopic (exact) mass is 142 g/mol. The van der Waals surface area contributed by atoms with Crippen LogP contribution < -0.4 is 5.73 Å². The SMILES string of the molecule is CC(N)C(C)N(C)C1CC1. The maximum atomic E-state index is 5.76. The van der Waals surface area contributed by atoms with Crippen molar-refractivity contribution in [3.8, 4) is 0 Å². The molecule has 0 aliphatic heterocycles. The predicted octanol–water partition coefficient (Wildman–Crippen LogP) is 0.816. The van der Waals surface area contributed by atoms with Gasteiger partial charge < -0.3 is 5.73 Å². The fraction of sp³-hybridized carbons (Fsp3) is 1.00. The van der Waals surface area contributed by atoms with Crippen LogP contribution in [0, 0.1) is 0 Å². The molecule has 1 fully saturated rings. The highest BCUT2D eigenvalue weighted by atomic mass is 15.2. The molecule has 2 nitrogen and oxygen atoms in total. The summed E-state index contributed by atoms with van der Waals surface area (Å²) < 4.78 is 0. The summed E-state index contributed by atoms with van der Waals surface area (Å²) in [5, 5.41) is 0. The Morgan fingerprint density at radius 1 is 1.40 bits per heavy atom. The van der Waals surface area contributed by atoms with Crippen LogP contribution in [0.2, 0.25) is 0 Å². The van der Waals surface area contributed by atoms with Crippen LogP contribution in [-0.2, 0) is 0 Å². The average Bonchev–Trinajstić information content (AvgIpc) is 2.65. The van der Waals surface area contributed by atoms with Crippen molar-refractivity contribution in [1.82, 2.24) is 4.90 Å². The number of likely N-dealkylation sites (N-methyl/N-ethyl adjacent to an activating group) is 1. The largest absolute Gasteiger partial charge is 0.327 e. The summed E-state index contributed by atoms with van der Waals surface area (Å²) >= 11 is 0. The third-order valence-corrected chi connectivity index (χ3v) is 2.53. The summed E-state index contributed by atoms with van der Waals surface area (Å²) in [5.74, 6) is 0. The highest BCUT2D eigenvalue weighted by molar-refractivity contribution is 4.87. The van der Waals surface area contributed by atoms with Gasteiger partial charge in [-0.2, -0.15) is 0 Å². The van der Waals surface area contributed by atoms with E-state index in [1.807, 2.05) is 0 Å². The molecule has 1 aliphatic carbocycles. The molecule has 0 spiro atoms. The van der Waals surface area contributed by atoms with Gasteiger partial charge in [-0.1, -0.05) is 0 Å². The van der Waals surface area contributed by atoms with Gasteiger partial charge in [0.25, 0.3) is 0 Å². The first kappa shape index (κ1) is 8.02. The van der Waals surface area contributed by atoms with Gasteiger partial charge in [-0.15, -0.1) is 0 Å². The Kier molecular flexibility index (Phi) is 2.32. The summed E-state index contributed by atoms with van der Waals surface area (Å²) in [6.45, 7) is 4.27. The minimum absolute atomic E-state index is 0.297. The van der Waals surface area contributed by atoms with Gasteiger partial charge in [0.05, 0.1) is 0 Å². The fourth-order valence-electron chi connectivity index (χ4n) is 1.19. The molecule has 0 saturated heterocycles. The van der Waals surface area contributed by atoms with Gasteiger partial charge in [0.2, 0.25) is 0 Å². The molecule has 60 valence electrons. The van der Waals surface area contributed by atoms with Crippen LogP contribution in [0.4, 0.5) is 0 Å². The van der Waals surface area contributed by atoms with Crippen LogP contribution in [0.25, 0.3) is 0 Å². The Morgan fingerprint density at radius 3 is 2.20 bits per heavy atom. The normalized spacial score (nSPS) is 24.9. The van der Waals surface area contributed by atoms with Gasteiger partial charge >= 0.3 is 0 Å². The molecular formula is C8H18N2. The highest BCUT2D eigenvalue weighted by Crippen LogP contribution is 2.27. The molecule has 1 saturated carbocycles. The summed E-state index contributed by atoms with van der Waals surface area (Å²) in [4.78, 5) is 2.39. The maximum Gasteiger partial charge on any atom is 0.0216 e. The average molecular weight is 142 g/mol. The number of hydrogen-bond acceptors (Lipinski definition) is 2. The van der Waals surface area contributed by atoms with Gasteiger partial charge in [-0.3, -0.25) is 4.90 Å². The summed E-state index contributed by atoms with van der Waals surface area (Å²) in [6, 6.07) is 1.67. The molecule has 1 rings (SSSR count). The Labute approximate surface area is 63.4 Å². The second-order valence-corrected chi connectivity index (χ2v) is 3.50. The van der Waals surface area contributed by atoms with E-state index in [0.29, 0.717) is 12.1 Å². The molecule has 1 aliphatic rings. The lowest BCUT2D eigenvalue weighted by molar-refractivity contribution is 0.223. The molecule has 0 aromatic carbocycles. The predicted molar refractivity (Wildman–Crippen MR) is 43.9 cm³/mol. The highest BCUT2D eigenvalue weighted by Gasteiger charge is 2.30.